The number of aromatic nitrogens is 2. The lowest BCUT2D eigenvalue weighted by atomic mass is 9.84. The SMILES string of the molecule is CCn1c(-c2cccnc2C(C)OC)c(CC(C)(C)CO)c2cc(N3CCO[C@@H](CC(NC(=O)OCc4ccccc4)C(=O)N4CCC[C@@H](C(=O)O)N4)C3)ccc21. The van der Waals surface area contributed by atoms with Gasteiger partial charge in [-0.2, -0.15) is 0 Å². The van der Waals surface area contributed by atoms with Crippen LogP contribution in [-0.4, -0.2) is 101 Å². The number of rotatable bonds is 15. The fourth-order valence-electron chi connectivity index (χ4n) is 7.81. The monoisotopic (exact) mass is 784 g/mol. The van der Waals surface area contributed by atoms with Crippen molar-refractivity contribution >= 4 is 34.6 Å². The molecule has 4 heterocycles. The molecule has 2 aromatic carbocycles. The summed E-state index contributed by atoms with van der Waals surface area (Å²) >= 11 is 0. The van der Waals surface area contributed by atoms with Crippen molar-refractivity contribution in [2.45, 2.75) is 90.8 Å². The number of aliphatic hydroxyl groups is 1. The van der Waals surface area contributed by atoms with Gasteiger partial charge in [0.2, 0.25) is 0 Å². The normalized spacial score (nSPS) is 18.6. The average Bonchev–Trinajstić information content (AvgIpc) is 3.53. The highest BCUT2D eigenvalue weighted by Crippen LogP contribution is 2.41. The van der Waals surface area contributed by atoms with E-state index in [1.165, 1.54) is 5.01 Å². The summed E-state index contributed by atoms with van der Waals surface area (Å²) in [6.45, 7) is 10.8. The Morgan fingerprint density at radius 1 is 1.11 bits per heavy atom. The lowest BCUT2D eigenvalue weighted by molar-refractivity contribution is -0.148. The summed E-state index contributed by atoms with van der Waals surface area (Å²) in [5, 5.41) is 25.2. The number of hydrogen-bond acceptors (Lipinski definition) is 10. The van der Waals surface area contributed by atoms with Gasteiger partial charge in [-0.1, -0.05) is 44.2 Å². The fourth-order valence-corrected chi connectivity index (χ4v) is 7.81. The molecule has 0 saturated carbocycles. The predicted octanol–water partition coefficient (Wildman–Crippen LogP) is 5.46. The molecule has 4 N–H and O–H groups in total. The van der Waals surface area contributed by atoms with Crippen molar-refractivity contribution in [1.82, 2.24) is 25.3 Å². The van der Waals surface area contributed by atoms with Gasteiger partial charge in [-0.15, -0.1) is 0 Å². The van der Waals surface area contributed by atoms with Gasteiger partial charge in [0.1, 0.15) is 18.7 Å². The number of hydrogen-bond donors (Lipinski definition) is 4. The number of nitrogens with one attached hydrogen (secondary N) is 2. The Morgan fingerprint density at radius 2 is 1.89 bits per heavy atom. The second kappa shape index (κ2) is 18.5. The first-order valence-electron chi connectivity index (χ1n) is 19.8. The zero-order valence-corrected chi connectivity index (χ0v) is 33.6. The highest BCUT2D eigenvalue weighted by molar-refractivity contribution is 5.94. The number of ether oxygens (including phenoxy) is 3. The highest BCUT2D eigenvalue weighted by Gasteiger charge is 2.36. The molecule has 0 aliphatic carbocycles. The smallest absolute Gasteiger partial charge is 0.408 e. The molecule has 306 valence electrons. The van der Waals surface area contributed by atoms with Crippen LogP contribution in [0.1, 0.15) is 69.9 Å². The number of carbonyl (C=O) groups excluding carboxylic acids is 2. The van der Waals surface area contributed by atoms with Crippen molar-refractivity contribution in [2.75, 3.05) is 44.9 Å². The number of fused-ring (bicyclic) bond motifs is 1. The summed E-state index contributed by atoms with van der Waals surface area (Å²) in [7, 11) is 1.68. The Kier molecular flexibility index (Phi) is 13.5. The molecule has 6 rings (SSSR count). The number of methoxy groups -OCH3 is 1. The number of alkyl carbamates (subject to hydrolysis) is 1. The van der Waals surface area contributed by atoms with Crippen LogP contribution >= 0.6 is 0 Å². The van der Waals surface area contributed by atoms with E-state index >= 15 is 0 Å². The Hall–Kier alpha value is -5.02. The van der Waals surface area contributed by atoms with Crippen molar-refractivity contribution in [3.63, 3.8) is 0 Å². The molecule has 0 spiro atoms. The molecule has 2 aromatic heterocycles. The second-order valence-electron chi connectivity index (χ2n) is 15.7. The first-order chi connectivity index (χ1) is 27.4. The fraction of sp³-hybridized carbons (Fsp3) is 0.488. The van der Waals surface area contributed by atoms with Gasteiger partial charge in [0.25, 0.3) is 5.91 Å². The second-order valence-corrected chi connectivity index (χ2v) is 15.7. The number of aryl methyl sites for hydroxylation is 1. The lowest BCUT2D eigenvalue weighted by Gasteiger charge is -2.38. The molecule has 4 aromatic rings. The van der Waals surface area contributed by atoms with Crippen LogP contribution in [-0.2, 0) is 43.4 Å². The van der Waals surface area contributed by atoms with E-state index in [4.69, 9.17) is 19.2 Å². The minimum absolute atomic E-state index is 0.0159. The summed E-state index contributed by atoms with van der Waals surface area (Å²) < 4.78 is 19.8. The molecule has 14 nitrogen and oxygen atoms in total. The lowest BCUT2D eigenvalue weighted by Crippen LogP contribution is -2.60. The Morgan fingerprint density at radius 3 is 2.61 bits per heavy atom. The number of nitrogens with zero attached hydrogens (tertiary/aromatic N) is 4. The van der Waals surface area contributed by atoms with E-state index in [-0.39, 0.29) is 25.7 Å². The molecule has 0 radical (unpaired) electrons. The minimum atomic E-state index is -1.04. The molecule has 2 aliphatic heterocycles. The van der Waals surface area contributed by atoms with Gasteiger partial charge in [0.05, 0.1) is 30.2 Å². The van der Waals surface area contributed by atoms with Crippen LogP contribution in [0.2, 0.25) is 0 Å². The molecule has 57 heavy (non-hydrogen) atoms. The maximum atomic E-state index is 14.0. The van der Waals surface area contributed by atoms with Crippen LogP contribution in [0.4, 0.5) is 10.5 Å². The van der Waals surface area contributed by atoms with Gasteiger partial charge in [0, 0.05) is 74.7 Å². The average molecular weight is 785 g/mol. The summed E-state index contributed by atoms with van der Waals surface area (Å²) in [5.41, 5.74) is 9.29. The number of benzene rings is 2. The van der Waals surface area contributed by atoms with E-state index in [0.717, 1.165) is 51.2 Å². The minimum Gasteiger partial charge on any atom is -0.480 e. The van der Waals surface area contributed by atoms with Gasteiger partial charge in [-0.3, -0.25) is 19.6 Å². The molecule has 2 aliphatic rings. The standard InChI is InChI=1S/C43H56N6O8/c1-6-48-37-17-16-30(22-33(37)34(24-43(3,4)27-50)39(48)32-14-10-18-44-38(32)28(2)55-5)47-20-21-56-31(25-47)23-36(40(51)49-19-11-15-35(46-49)41(52)53)45-42(54)57-26-29-12-8-7-9-13-29/h7-10,12-14,16-18,22,28,31,35-36,46,50H,6,11,15,19-21,23-27H2,1-5H3,(H,45,54)(H,52,53)/t28?,31-,35-,36?/m0/s1. The molecule has 2 amide bonds. The van der Waals surface area contributed by atoms with Gasteiger partial charge >= 0.3 is 12.1 Å². The Balaban J connectivity index is 1.29. The molecular formula is C43H56N6O8. The third-order valence-electron chi connectivity index (χ3n) is 10.9. The van der Waals surface area contributed by atoms with Crippen molar-refractivity contribution in [2.24, 2.45) is 5.41 Å². The first kappa shape index (κ1) is 41.6. The van der Waals surface area contributed by atoms with Crippen molar-refractivity contribution in [1.29, 1.82) is 0 Å². The number of pyridine rings is 1. The van der Waals surface area contributed by atoms with E-state index in [9.17, 15) is 24.6 Å². The number of anilines is 1. The number of carbonyl (C=O) groups is 3. The molecule has 2 saturated heterocycles. The zero-order valence-electron chi connectivity index (χ0n) is 33.6. The Bertz CT molecular complexity index is 2020. The molecule has 0 bridgehead atoms. The van der Waals surface area contributed by atoms with Crippen LogP contribution in [0.5, 0.6) is 0 Å². The molecule has 2 unspecified atom stereocenters. The van der Waals surface area contributed by atoms with E-state index < -0.39 is 41.6 Å². The summed E-state index contributed by atoms with van der Waals surface area (Å²) in [6.07, 6.45) is 2.00. The van der Waals surface area contributed by atoms with Gasteiger partial charge in [-0.05, 0) is 80.0 Å². The topological polar surface area (TPSA) is 168 Å². The van der Waals surface area contributed by atoms with Crippen LogP contribution in [0.3, 0.4) is 0 Å². The van der Waals surface area contributed by atoms with Gasteiger partial charge in [-0.25, -0.2) is 10.2 Å². The zero-order chi connectivity index (χ0) is 40.7. The predicted molar refractivity (Wildman–Crippen MR) is 216 cm³/mol. The maximum Gasteiger partial charge on any atom is 0.408 e. The van der Waals surface area contributed by atoms with Crippen LogP contribution in [0, 0.1) is 5.41 Å². The summed E-state index contributed by atoms with van der Waals surface area (Å²) in [4.78, 5) is 45.9. The molecular weight excluding hydrogens is 729 g/mol. The largest absolute Gasteiger partial charge is 0.480 e. The van der Waals surface area contributed by atoms with Crippen molar-refractivity contribution < 1.29 is 38.8 Å². The van der Waals surface area contributed by atoms with Crippen molar-refractivity contribution in [3.05, 3.63) is 83.7 Å². The van der Waals surface area contributed by atoms with Gasteiger partial charge < -0.3 is 39.2 Å². The van der Waals surface area contributed by atoms with Gasteiger partial charge in [0.15, 0.2) is 0 Å². The number of aliphatic hydroxyl groups excluding tert-OH is 1. The maximum absolute atomic E-state index is 14.0. The van der Waals surface area contributed by atoms with E-state index in [1.807, 2.05) is 43.3 Å². The number of carboxylic acids is 1. The van der Waals surface area contributed by atoms with Crippen LogP contribution in [0.25, 0.3) is 22.2 Å². The summed E-state index contributed by atoms with van der Waals surface area (Å²) in [5.74, 6) is -1.50. The number of amides is 2. The molecule has 2 fully saturated rings. The number of aliphatic carboxylic acids is 1. The third-order valence-corrected chi connectivity index (χ3v) is 10.9. The Labute approximate surface area is 334 Å². The first-order valence-corrected chi connectivity index (χ1v) is 19.8. The van der Waals surface area contributed by atoms with E-state index in [2.05, 4.69) is 65.2 Å². The number of hydrazine groups is 1. The number of morpholine rings is 1. The van der Waals surface area contributed by atoms with Crippen LogP contribution < -0.4 is 15.6 Å². The third kappa shape index (κ3) is 9.75. The van der Waals surface area contributed by atoms with E-state index in [0.29, 0.717) is 45.5 Å². The number of carboxylic acid groups (broad SMARTS) is 1. The molecule has 14 heteroatoms. The van der Waals surface area contributed by atoms with E-state index in [1.54, 1.807) is 13.3 Å². The quantitative estimate of drug-likeness (QED) is 0.121. The summed E-state index contributed by atoms with van der Waals surface area (Å²) in [6, 6.07) is 17.8. The molecule has 4 atom stereocenters. The van der Waals surface area contributed by atoms with Crippen LogP contribution in [0.15, 0.2) is 66.9 Å². The highest BCUT2D eigenvalue weighted by atomic mass is 16.5. The van der Waals surface area contributed by atoms with Crippen molar-refractivity contribution in [3.8, 4) is 11.3 Å².